The molecule has 2 aromatic heterocycles. The Hall–Kier alpha value is -3.48. The average molecular weight is 548 g/mol. The Bertz CT molecular complexity index is 1390. The molecule has 0 aliphatic heterocycles. The minimum atomic E-state index is -4.51. The number of hydrogen-bond acceptors (Lipinski definition) is 7. The molecule has 0 radical (unpaired) electrons. The zero-order valence-corrected chi connectivity index (χ0v) is 21.7. The van der Waals surface area contributed by atoms with Crippen molar-refractivity contribution in [2.24, 2.45) is 5.92 Å². The quantitative estimate of drug-likeness (QED) is 0.258. The van der Waals surface area contributed by atoms with Gasteiger partial charge >= 0.3 is 6.18 Å². The molecule has 0 spiro atoms. The van der Waals surface area contributed by atoms with Crippen LogP contribution in [0, 0.1) is 12.8 Å². The number of hydrogen-bond donors (Lipinski definition) is 3. The lowest BCUT2D eigenvalue weighted by atomic mass is 9.99. The van der Waals surface area contributed by atoms with Gasteiger partial charge in [-0.3, -0.25) is 9.59 Å². The second-order valence-electron chi connectivity index (χ2n) is 9.80. The second-order valence-corrected chi connectivity index (χ2v) is 10.4. The molecule has 13 heteroatoms. The summed E-state index contributed by atoms with van der Waals surface area (Å²) >= 11 is 1.34. The minimum Gasteiger partial charge on any atom is -0.381 e. The molecule has 2 aliphatic rings. The zero-order chi connectivity index (χ0) is 27.2. The number of nitrogens with two attached hydrogens (primary N) is 1. The van der Waals surface area contributed by atoms with E-state index in [-0.39, 0.29) is 41.9 Å². The molecule has 2 saturated carbocycles. The first-order valence-corrected chi connectivity index (χ1v) is 13.5. The van der Waals surface area contributed by atoms with E-state index in [0.29, 0.717) is 35.3 Å². The van der Waals surface area contributed by atoms with Crippen LogP contribution in [0.3, 0.4) is 0 Å². The summed E-state index contributed by atoms with van der Waals surface area (Å²) in [6.07, 6.45) is 1.95. The Balaban J connectivity index is 1.55. The number of alkyl halides is 3. The van der Waals surface area contributed by atoms with Crippen molar-refractivity contribution in [3.05, 3.63) is 41.1 Å². The standard InChI is InChI=1S/C25H28F3N7O2S/c1-13-16(11-34(12-36)21(14-3-4-14)25(26,27)28)9-15(10-19(13)33-38-2)18-7-8-35-23(31-18)20(22(29)32-35)24(37)30-17-5-6-17/h7-10,12,14,17,21,33H,3-6,11H2,1-2H3,(H2,29,32)(H,30,37). The summed E-state index contributed by atoms with van der Waals surface area (Å²) in [4.78, 5) is 30.2. The van der Waals surface area contributed by atoms with E-state index in [9.17, 15) is 22.8 Å². The molecular weight excluding hydrogens is 519 g/mol. The fraction of sp³-hybridized carbons (Fsp3) is 0.440. The highest BCUT2D eigenvalue weighted by molar-refractivity contribution is 7.99. The van der Waals surface area contributed by atoms with Crippen molar-refractivity contribution in [2.45, 2.75) is 57.4 Å². The number of nitrogens with one attached hydrogen (secondary N) is 2. The monoisotopic (exact) mass is 547 g/mol. The third-order valence-corrected chi connectivity index (χ3v) is 7.35. The van der Waals surface area contributed by atoms with E-state index in [1.807, 2.05) is 12.3 Å². The summed E-state index contributed by atoms with van der Waals surface area (Å²) in [6, 6.07) is 3.57. The van der Waals surface area contributed by atoms with Crippen LogP contribution in [0.2, 0.25) is 0 Å². The number of nitrogen functional groups attached to an aromatic ring is 1. The fourth-order valence-electron chi connectivity index (χ4n) is 4.65. The number of carbonyl (C=O) groups excluding carboxylic acids is 2. The summed E-state index contributed by atoms with van der Waals surface area (Å²) in [5, 5.41) is 7.09. The van der Waals surface area contributed by atoms with E-state index in [1.54, 1.807) is 25.3 Å². The van der Waals surface area contributed by atoms with Crippen LogP contribution in [0.25, 0.3) is 16.9 Å². The number of fused-ring (bicyclic) bond motifs is 1. The van der Waals surface area contributed by atoms with Gasteiger partial charge in [0.1, 0.15) is 11.6 Å². The molecule has 5 rings (SSSR count). The third-order valence-electron chi connectivity index (χ3n) is 6.92. The number of rotatable bonds is 10. The number of benzene rings is 1. The average Bonchev–Trinajstić information content (AvgIpc) is 3.79. The fourth-order valence-corrected chi connectivity index (χ4v) is 5.08. The zero-order valence-electron chi connectivity index (χ0n) is 20.9. The van der Waals surface area contributed by atoms with Gasteiger partial charge in [-0.05, 0) is 67.9 Å². The van der Waals surface area contributed by atoms with Crippen molar-refractivity contribution < 1.29 is 22.8 Å². The third kappa shape index (κ3) is 5.24. The van der Waals surface area contributed by atoms with Crippen LogP contribution in [0.5, 0.6) is 0 Å². The molecule has 9 nitrogen and oxygen atoms in total. The van der Waals surface area contributed by atoms with E-state index in [2.05, 4.69) is 20.1 Å². The van der Waals surface area contributed by atoms with Crippen LogP contribution in [0.4, 0.5) is 24.7 Å². The van der Waals surface area contributed by atoms with Crippen molar-refractivity contribution >= 4 is 41.4 Å². The van der Waals surface area contributed by atoms with Gasteiger partial charge in [-0.1, -0.05) is 11.9 Å². The van der Waals surface area contributed by atoms with E-state index in [4.69, 9.17) is 5.73 Å². The molecule has 2 heterocycles. The predicted octanol–water partition coefficient (Wildman–Crippen LogP) is 4.17. The first-order valence-electron chi connectivity index (χ1n) is 12.3. The van der Waals surface area contributed by atoms with Crippen molar-refractivity contribution in [3.63, 3.8) is 0 Å². The van der Waals surface area contributed by atoms with Gasteiger partial charge in [-0.25, -0.2) is 9.50 Å². The summed E-state index contributed by atoms with van der Waals surface area (Å²) in [5.74, 6) is -0.870. The Morgan fingerprint density at radius 1 is 1.32 bits per heavy atom. The number of nitrogens with zero attached hydrogens (tertiary/aromatic N) is 4. The van der Waals surface area contributed by atoms with E-state index >= 15 is 0 Å². The molecule has 1 aromatic carbocycles. The summed E-state index contributed by atoms with van der Waals surface area (Å²) < 4.78 is 46.2. The van der Waals surface area contributed by atoms with Crippen LogP contribution in [-0.4, -0.2) is 56.3 Å². The topological polar surface area (TPSA) is 118 Å². The van der Waals surface area contributed by atoms with Crippen LogP contribution in [0.1, 0.15) is 47.2 Å². The number of anilines is 2. The van der Waals surface area contributed by atoms with Gasteiger partial charge in [0.05, 0.1) is 5.69 Å². The largest absolute Gasteiger partial charge is 0.409 e. The molecule has 2 fully saturated rings. The van der Waals surface area contributed by atoms with Gasteiger partial charge in [-0.15, -0.1) is 5.10 Å². The Labute approximate surface area is 221 Å². The highest BCUT2D eigenvalue weighted by Crippen LogP contribution is 2.43. The maximum Gasteiger partial charge on any atom is 0.409 e. The Morgan fingerprint density at radius 2 is 2.05 bits per heavy atom. The molecule has 202 valence electrons. The lowest BCUT2D eigenvalue weighted by Crippen LogP contribution is -2.46. The van der Waals surface area contributed by atoms with Gasteiger partial charge in [0, 0.05) is 36.3 Å². The molecule has 1 unspecified atom stereocenters. The summed E-state index contributed by atoms with van der Waals surface area (Å²) in [7, 11) is 0. The molecule has 1 atom stereocenters. The van der Waals surface area contributed by atoms with Gasteiger partial charge in [0.25, 0.3) is 5.91 Å². The lowest BCUT2D eigenvalue weighted by molar-refractivity contribution is -0.191. The number of aromatic nitrogens is 3. The SMILES string of the molecule is CSNc1cc(-c2ccn3nc(N)c(C(=O)NC4CC4)c3n2)cc(CN(C=O)C(C2CC2)C(F)(F)F)c1C. The molecule has 2 aliphatic carbocycles. The summed E-state index contributed by atoms with van der Waals surface area (Å²) in [5.41, 5.74) is 9.56. The number of halogens is 3. The maximum atomic E-state index is 13.9. The van der Waals surface area contributed by atoms with E-state index in [1.165, 1.54) is 16.5 Å². The highest BCUT2D eigenvalue weighted by Gasteiger charge is 2.52. The highest BCUT2D eigenvalue weighted by atomic mass is 32.2. The molecular formula is C25H28F3N7O2S. The number of carbonyl (C=O) groups is 2. The van der Waals surface area contributed by atoms with Crippen molar-refractivity contribution in [1.82, 2.24) is 24.8 Å². The molecule has 3 aromatic rings. The normalized spacial score (nSPS) is 16.3. The first kappa shape index (κ1) is 26.1. The van der Waals surface area contributed by atoms with Crippen LogP contribution in [-0.2, 0) is 11.3 Å². The van der Waals surface area contributed by atoms with Crippen molar-refractivity contribution in [2.75, 3.05) is 16.7 Å². The van der Waals surface area contributed by atoms with Crippen molar-refractivity contribution in [3.8, 4) is 11.3 Å². The smallest absolute Gasteiger partial charge is 0.381 e. The van der Waals surface area contributed by atoms with Gasteiger partial charge in [0.2, 0.25) is 6.41 Å². The molecule has 38 heavy (non-hydrogen) atoms. The first-order chi connectivity index (χ1) is 18.1. The predicted molar refractivity (Wildman–Crippen MR) is 139 cm³/mol. The molecule has 0 bridgehead atoms. The van der Waals surface area contributed by atoms with E-state index < -0.39 is 18.1 Å². The molecule has 0 saturated heterocycles. The maximum absolute atomic E-state index is 13.9. The number of amides is 2. The van der Waals surface area contributed by atoms with Crippen LogP contribution >= 0.6 is 11.9 Å². The lowest BCUT2D eigenvalue weighted by Gasteiger charge is -2.31. The second kappa shape index (κ2) is 10.0. The van der Waals surface area contributed by atoms with Crippen molar-refractivity contribution in [1.29, 1.82) is 0 Å². The van der Waals surface area contributed by atoms with Gasteiger partial charge in [0.15, 0.2) is 11.5 Å². The molecule has 2 amide bonds. The van der Waals surface area contributed by atoms with Crippen LogP contribution < -0.4 is 15.8 Å². The summed E-state index contributed by atoms with van der Waals surface area (Å²) in [6.45, 7) is 1.60. The van der Waals surface area contributed by atoms with Gasteiger partial charge in [-0.2, -0.15) is 13.2 Å². The molecule has 4 N–H and O–H groups in total. The van der Waals surface area contributed by atoms with E-state index in [0.717, 1.165) is 23.3 Å². The van der Waals surface area contributed by atoms with Gasteiger partial charge < -0.3 is 20.7 Å². The Morgan fingerprint density at radius 3 is 2.66 bits per heavy atom. The van der Waals surface area contributed by atoms with Crippen LogP contribution in [0.15, 0.2) is 24.4 Å². The minimum absolute atomic E-state index is 0.0574. The Kier molecular flexibility index (Phi) is 6.88.